The molecule has 0 saturated heterocycles. The second-order valence-electron chi connectivity index (χ2n) is 9.38. The number of aliphatic carboxylic acids is 1. The van der Waals surface area contributed by atoms with Crippen molar-refractivity contribution in [1.29, 1.82) is 0 Å². The summed E-state index contributed by atoms with van der Waals surface area (Å²) in [5.74, 6) is -1.01. The Kier molecular flexibility index (Phi) is 7.69. The molecule has 5 heteroatoms. The summed E-state index contributed by atoms with van der Waals surface area (Å²) in [6.07, 6.45) is 1.05. The van der Waals surface area contributed by atoms with Gasteiger partial charge < -0.3 is 15.7 Å². The Hall–Kier alpha value is -4.12. The molecule has 0 aliphatic carbocycles. The number of carboxylic acid groups (broad SMARTS) is 1. The maximum atomic E-state index is 13.5. The lowest BCUT2D eigenvalue weighted by Crippen LogP contribution is -2.28. The molecule has 1 amide bonds. The first-order valence-corrected chi connectivity index (χ1v) is 12.3. The van der Waals surface area contributed by atoms with Crippen molar-refractivity contribution in [2.45, 2.75) is 46.1 Å². The van der Waals surface area contributed by atoms with E-state index in [2.05, 4.69) is 60.9 Å². The molecular weight excluding hydrogens is 448 g/mol. The number of carbonyl (C=O) groups excluding carboxylic acids is 1. The molecule has 3 N–H and O–H groups in total. The van der Waals surface area contributed by atoms with Crippen LogP contribution in [0.4, 0.5) is 11.4 Å². The van der Waals surface area contributed by atoms with Crippen LogP contribution >= 0.6 is 0 Å². The van der Waals surface area contributed by atoms with Crippen LogP contribution in [0, 0.1) is 13.8 Å². The van der Waals surface area contributed by atoms with Crippen molar-refractivity contribution in [1.82, 2.24) is 5.32 Å². The third kappa shape index (κ3) is 6.11. The predicted molar refractivity (Wildman–Crippen MR) is 146 cm³/mol. The highest BCUT2D eigenvalue weighted by atomic mass is 16.4. The molecule has 4 aromatic carbocycles. The van der Waals surface area contributed by atoms with Gasteiger partial charge in [-0.15, -0.1) is 0 Å². The molecule has 4 aromatic rings. The molecular formula is C31H32N2O3. The maximum Gasteiger partial charge on any atom is 0.303 e. The van der Waals surface area contributed by atoms with Gasteiger partial charge in [0.05, 0.1) is 6.04 Å². The van der Waals surface area contributed by atoms with Crippen molar-refractivity contribution in [3.8, 4) is 0 Å². The van der Waals surface area contributed by atoms with Crippen LogP contribution in [0.15, 0.2) is 78.9 Å². The van der Waals surface area contributed by atoms with Gasteiger partial charge in [0.1, 0.15) is 0 Å². The second-order valence-corrected chi connectivity index (χ2v) is 9.38. The lowest BCUT2D eigenvalue weighted by atomic mass is 9.97. The molecule has 0 spiro atoms. The zero-order valence-electron chi connectivity index (χ0n) is 21.0. The van der Waals surface area contributed by atoms with E-state index in [1.54, 1.807) is 0 Å². The highest BCUT2D eigenvalue weighted by Crippen LogP contribution is 2.27. The van der Waals surface area contributed by atoms with E-state index in [0.717, 1.165) is 44.4 Å². The average Bonchev–Trinajstić information content (AvgIpc) is 2.83. The van der Waals surface area contributed by atoms with Crippen molar-refractivity contribution in [2.75, 3.05) is 5.32 Å². The topological polar surface area (TPSA) is 78.4 Å². The van der Waals surface area contributed by atoms with E-state index in [9.17, 15) is 9.59 Å². The highest BCUT2D eigenvalue weighted by Gasteiger charge is 2.17. The van der Waals surface area contributed by atoms with Gasteiger partial charge in [0, 0.05) is 23.4 Å². The predicted octanol–water partition coefficient (Wildman–Crippen LogP) is 7.10. The Morgan fingerprint density at radius 1 is 0.861 bits per heavy atom. The first-order valence-electron chi connectivity index (χ1n) is 12.3. The lowest BCUT2D eigenvalue weighted by Gasteiger charge is -2.19. The van der Waals surface area contributed by atoms with E-state index in [-0.39, 0.29) is 18.4 Å². The van der Waals surface area contributed by atoms with Crippen molar-refractivity contribution in [3.05, 3.63) is 107 Å². The van der Waals surface area contributed by atoms with Crippen molar-refractivity contribution < 1.29 is 14.7 Å². The Morgan fingerprint density at radius 3 is 2.33 bits per heavy atom. The molecule has 4 rings (SSSR count). The lowest BCUT2D eigenvalue weighted by molar-refractivity contribution is -0.137. The average molecular weight is 481 g/mol. The van der Waals surface area contributed by atoms with E-state index in [1.165, 1.54) is 0 Å². The summed E-state index contributed by atoms with van der Waals surface area (Å²) < 4.78 is 0. The molecule has 184 valence electrons. The first-order chi connectivity index (χ1) is 17.3. The summed E-state index contributed by atoms with van der Waals surface area (Å²) >= 11 is 0. The molecule has 0 saturated carbocycles. The highest BCUT2D eigenvalue weighted by molar-refractivity contribution is 5.97. The molecule has 1 atom stereocenters. The molecule has 0 aliphatic rings. The number of nitrogens with one attached hydrogen (secondary N) is 2. The fourth-order valence-corrected chi connectivity index (χ4v) is 4.71. The Balaban J connectivity index is 1.62. The first kappa shape index (κ1) is 25.0. The third-order valence-electron chi connectivity index (χ3n) is 6.34. The van der Waals surface area contributed by atoms with E-state index in [0.29, 0.717) is 18.4 Å². The largest absolute Gasteiger partial charge is 0.481 e. The van der Waals surface area contributed by atoms with Crippen LogP contribution in [0.2, 0.25) is 0 Å². The van der Waals surface area contributed by atoms with Crippen LogP contribution in [-0.4, -0.2) is 17.0 Å². The number of anilines is 2. The fourth-order valence-electron chi connectivity index (χ4n) is 4.71. The normalized spacial score (nSPS) is 11.8. The van der Waals surface area contributed by atoms with Crippen molar-refractivity contribution >= 4 is 34.0 Å². The Bertz CT molecular complexity index is 1380. The molecule has 5 nitrogen and oxygen atoms in total. The van der Waals surface area contributed by atoms with Gasteiger partial charge in [-0.1, -0.05) is 54.6 Å². The number of fused-ring (bicyclic) bond motifs is 1. The Morgan fingerprint density at radius 2 is 1.58 bits per heavy atom. The van der Waals surface area contributed by atoms with Crippen LogP contribution in [-0.2, 0) is 11.2 Å². The summed E-state index contributed by atoms with van der Waals surface area (Å²) in [6, 6.07) is 26.0. The minimum Gasteiger partial charge on any atom is -0.481 e. The fraction of sp³-hybridized carbons (Fsp3) is 0.226. The van der Waals surface area contributed by atoms with Gasteiger partial charge in [-0.05, 0) is 90.9 Å². The van der Waals surface area contributed by atoms with Crippen LogP contribution in [0.1, 0.15) is 58.4 Å². The molecule has 0 unspecified atom stereocenters. The van der Waals surface area contributed by atoms with E-state index >= 15 is 0 Å². The standard InChI is InChI=1S/C31H32N2O3/c1-20-16-21(2)18-26(17-20)33-25-15-14-24(10-7-13-30(34)35)29(19-25)31(36)32-22(3)27-12-6-9-23-8-4-5-11-28(23)27/h4-6,8-9,11-12,14-19,22,33H,7,10,13H2,1-3H3,(H,32,36)(H,34,35)/t22-/m1/s1. The van der Waals surface area contributed by atoms with Crippen LogP contribution in [0.5, 0.6) is 0 Å². The molecule has 0 aliphatic heterocycles. The minimum atomic E-state index is -0.835. The molecule has 0 aromatic heterocycles. The molecule has 0 bridgehead atoms. The summed E-state index contributed by atoms with van der Waals surface area (Å²) in [4.78, 5) is 24.6. The number of rotatable bonds is 9. The third-order valence-corrected chi connectivity index (χ3v) is 6.34. The molecule has 0 radical (unpaired) electrons. The van der Waals surface area contributed by atoms with Crippen molar-refractivity contribution in [2.24, 2.45) is 0 Å². The summed E-state index contributed by atoms with van der Waals surface area (Å²) in [5, 5.41) is 17.9. The number of carbonyl (C=O) groups is 2. The van der Waals surface area contributed by atoms with E-state index in [1.807, 2.05) is 49.4 Å². The maximum absolute atomic E-state index is 13.5. The number of hydrogen-bond donors (Lipinski definition) is 3. The second kappa shape index (κ2) is 11.1. The minimum absolute atomic E-state index is 0.0655. The van der Waals surface area contributed by atoms with Gasteiger partial charge in [-0.25, -0.2) is 0 Å². The van der Waals surface area contributed by atoms with Gasteiger partial charge in [-0.3, -0.25) is 9.59 Å². The smallest absolute Gasteiger partial charge is 0.303 e. The van der Waals surface area contributed by atoms with Crippen LogP contribution in [0.3, 0.4) is 0 Å². The summed E-state index contributed by atoms with van der Waals surface area (Å²) in [5.41, 5.74) is 6.53. The van der Waals surface area contributed by atoms with Gasteiger partial charge in [0.15, 0.2) is 0 Å². The quantitative estimate of drug-likeness (QED) is 0.239. The zero-order chi connectivity index (χ0) is 25.7. The van der Waals surface area contributed by atoms with E-state index in [4.69, 9.17) is 5.11 Å². The van der Waals surface area contributed by atoms with Crippen LogP contribution in [0.25, 0.3) is 10.8 Å². The van der Waals surface area contributed by atoms with Crippen molar-refractivity contribution in [3.63, 3.8) is 0 Å². The molecule has 0 fully saturated rings. The number of hydrogen-bond acceptors (Lipinski definition) is 3. The van der Waals surface area contributed by atoms with Gasteiger partial charge >= 0.3 is 5.97 Å². The number of benzene rings is 4. The van der Waals surface area contributed by atoms with Gasteiger partial charge in [0.2, 0.25) is 0 Å². The summed E-state index contributed by atoms with van der Waals surface area (Å²) in [6.45, 7) is 6.09. The molecule has 0 heterocycles. The Labute approximate surface area is 212 Å². The number of amides is 1. The van der Waals surface area contributed by atoms with Crippen LogP contribution < -0.4 is 10.6 Å². The zero-order valence-corrected chi connectivity index (χ0v) is 21.0. The van der Waals surface area contributed by atoms with Gasteiger partial charge in [-0.2, -0.15) is 0 Å². The number of aryl methyl sites for hydroxylation is 3. The van der Waals surface area contributed by atoms with Gasteiger partial charge in [0.25, 0.3) is 5.91 Å². The molecule has 36 heavy (non-hydrogen) atoms. The number of carboxylic acids is 1. The summed E-state index contributed by atoms with van der Waals surface area (Å²) in [7, 11) is 0. The van der Waals surface area contributed by atoms with E-state index < -0.39 is 5.97 Å². The SMILES string of the molecule is Cc1cc(C)cc(Nc2ccc(CCCC(=O)O)c(C(=O)N[C@H](C)c3cccc4ccccc34)c2)c1. The monoisotopic (exact) mass is 480 g/mol.